The number of benzene rings is 2. The summed E-state index contributed by atoms with van der Waals surface area (Å²) in [5.74, 6) is 0.803. The predicted octanol–water partition coefficient (Wildman–Crippen LogP) is 6.47. The molecule has 0 unspecified atom stereocenters. The summed E-state index contributed by atoms with van der Waals surface area (Å²) >= 11 is 19.1. The van der Waals surface area contributed by atoms with Gasteiger partial charge in [-0.1, -0.05) is 71.2 Å². The van der Waals surface area contributed by atoms with E-state index in [4.69, 9.17) is 34.8 Å². The molecular weight excluding hydrogens is 337 g/mol. The molecule has 1 N–H and O–H groups in total. The molecule has 112 valence electrons. The lowest BCUT2D eigenvalue weighted by Crippen LogP contribution is -2.29. The molecule has 0 radical (unpaired) electrons. The molecule has 22 heavy (non-hydrogen) atoms. The van der Waals surface area contributed by atoms with Crippen molar-refractivity contribution in [2.45, 2.75) is 18.4 Å². The molecule has 0 fully saturated rings. The molecule has 0 saturated carbocycles. The first-order chi connectivity index (χ1) is 10.7. The minimum Gasteiger partial charge on any atom is -0.376 e. The monoisotopic (exact) mass is 349 g/mol. The van der Waals surface area contributed by atoms with Gasteiger partial charge in [-0.05, 0) is 35.6 Å². The van der Waals surface area contributed by atoms with Crippen LogP contribution in [0.3, 0.4) is 0 Å². The fraction of sp³-hybridized carbons (Fsp3) is 0.222. The molecule has 1 aliphatic heterocycles. The van der Waals surface area contributed by atoms with Crippen LogP contribution in [0.5, 0.6) is 0 Å². The number of anilines is 1. The van der Waals surface area contributed by atoms with Gasteiger partial charge in [0.1, 0.15) is 0 Å². The van der Waals surface area contributed by atoms with E-state index in [1.165, 1.54) is 5.56 Å². The summed E-state index contributed by atoms with van der Waals surface area (Å²) in [7, 11) is 0. The maximum Gasteiger partial charge on any atom is 0.0826 e. The Bertz CT molecular complexity index is 769. The Hall–Kier alpha value is -1.15. The summed E-state index contributed by atoms with van der Waals surface area (Å²) in [6, 6.07) is 12.1. The fourth-order valence-corrected chi connectivity index (χ4v) is 4.28. The first kappa shape index (κ1) is 14.4. The number of fused-ring (bicyclic) bond motifs is 3. The number of hydrogen-bond donors (Lipinski definition) is 1. The Morgan fingerprint density at radius 2 is 1.73 bits per heavy atom. The molecule has 4 heteroatoms. The van der Waals surface area contributed by atoms with Crippen LogP contribution in [0.15, 0.2) is 48.6 Å². The Kier molecular flexibility index (Phi) is 3.60. The third-order valence-electron chi connectivity index (χ3n) is 4.67. The van der Waals surface area contributed by atoms with Gasteiger partial charge in [0.05, 0.1) is 21.8 Å². The third-order valence-corrected chi connectivity index (χ3v) is 5.82. The fourth-order valence-electron chi connectivity index (χ4n) is 3.64. The van der Waals surface area contributed by atoms with Crippen molar-refractivity contribution >= 4 is 40.5 Å². The van der Waals surface area contributed by atoms with E-state index in [9.17, 15) is 0 Å². The first-order valence-electron chi connectivity index (χ1n) is 7.32. The Morgan fingerprint density at radius 1 is 0.909 bits per heavy atom. The van der Waals surface area contributed by atoms with Gasteiger partial charge in [0.15, 0.2) is 0 Å². The van der Waals surface area contributed by atoms with Crippen molar-refractivity contribution in [2.75, 3.05) is 5.32 Å². The van der Waals surface area contributed by atoms with Gasteiger partial charge >= 0.3 is 0 Å². The average molecular weight is 351 g/mol. The summed E-state index contributed by atoms with van der Waals surface area (Å²) < 4.78 is 0. The topological polar surface area (TPSA) is 12.0 Å². The van der Waals surface area contributed by atoms with Gasteiger partial charge in [0, 0.05) is 10.9 Å². The molecule has 1 aliphatic carbocycles. The molecule has 0 bridgehead atoms. The smallest absolute Gasteiger partial charge is 0.0826 e. The molecule has 0 spiro atoms. The summed E-state index contributed by atoms with van der Waals surface area (Å²) in [4.78, 5) is 0. The van der Waals surface area contributed by atoms with Crippen LogP contribution in [-0.4, -0.2) is 0 Å². The standard InChI is InChI=1S/C18H14Cl3N/c19-14-7-2-1-4-13(14)17-11-6-3-5-10(11)12-8-9-15(20)16(21)18(12)22-17/h1-5,7-11,17,22H,6H2/t10-,11+,17-/m1/s1. The lowest BCUT2D eigenvalue weighted by molar-refractivity contribution is 0.426. The zero-order chi connectivity index (χ0) is 15.3. The second-order valence-electron chi connectivity index (χ2n) is 5.82. The molecule has 0 amide bonds. The Labute approximate surface area is 144 Å². The van der Waals surface area contributed by atoms with Crippen LogP contribution in [-0.2, 0) is 0 Å². The lowest BCUT2D eigenvalue weighted by atomic mass is 9.77. The molecule has 1 heterocycles. The molecule has 4 rings (SSSR count). The number of halogens is 3. The van der Waals surface area contributed by atoms with Crippen molar-refractivity contribution in [3.63, 3.8) is 0 Å². The second-order valence-corrected chi connectivity index (χ2v) is 7.01. The number of hydrogen-bond acceptors (Lipinski definition) is 1. The van der Waals surface area contributed by atoms with Crippen LogP contribution < -0.4 is 5.32 Å². The van der Waals surface area contributed by atoms with E-state index in [-0.39, 0.29) is 6.04 Å². The molecule has 1 nitrogen and oxygen atoms in total. The summed E-state index contributed by atoms with van der Waals surface area (Å²) in [6.45, 7) is 0. The van der Waals surface area contributed by atoms with E-state index in [2.05, 4.69) is 29.6 Å². The summed E-state index contributed by atoms with van der Waals surface area (Å²) in [6.07, 6.45) is 5.56. The number of nitrogens with one attached hydrogen (secondary N) is 1. The number of rotatable bonds is 1. The summed E-state index contributed by atoms with van der Waals surface area (Å²) in [5, 5.41) is 5.55. The van der Waals surface area contributed by atoms with E-state index < -0.39 is 0 Å². The molecule has 0 aromatic heterocycles. The third kappa shape index (κ3) is 2.15. The quantitative estimate of drug-likeness (QED) is 0.581. The highest BCUT2D eigenvalue weighted by molar-refractivity contribution is 6.43. The minimum absolute atomic E-state index is 0.136. The van der Waals surface area contributed by atoms with Crippen LogP contribution in [0.2, 0.25) is 15.1 Å². The van der Waals surface area contributed by atoms with Gasteiger partial charge in [0.2, 0.25) is 0 Å². The van der Waals surface area contributed by atoms with Crippen LogP contribution in [0.1, 0.15) is 29.5 Å². The maximum absolute atomic E-state index is 6.44. The maximum atomic E-state index is 6.44. The molecular formula is C18H14Cl3N. The van der Waals surface area contributed by atoms with E-state index in [1.807, 2.05) is 24.3 Å². The normalized spacial score (nSPS) is 25.5. The Balaban J connectivity index is 1.87. The lowest BCUT2D eigenvalue weighted by Gasteiger charge is -2.38. The van der Waals surface area contributed by atoms with Crippen LogP contribution in [0.25, 0.3) is 0 Å². The van der Waals surface area contributed by atoms with Gasteiger partial charge in [0.25, 0.3) is 0 Å². The Morgan fingerprint density at radius 3 is 2.55 bits per heavy atom. The zero-order valence-electron chi connectivity index (χ0n) is 11.7. The molecule has 2 aromatic rings. The van der Waals surface area contributed by atoms with E-state index in [0.717, 1.165) is 22.7 Å². The summed E-state index contributed by atoms with van der Waals surface area (Å²) in [5.41, 5.74) is 3.27. The van der Waals surface area contributed by atoms with E-state index in [1.54, 1.807) is 0 Å². The van der Waals surface area contributed by atoms with Crippen LogP contribution in [0, 0.1) is 5.92 Å². The van der Waals surface area contributed by atoms with E-state index >= 15 is 0 Å². The van der Waals surface area contributed by atoms with Gasteiger partial charge < -0.3 is 5.32 Å². The minimum atomic E-state index is 0.136. The van der Waals surface area contributed by atoms with Gasteiger partial charge in [-0.15, -0.1) is 0 Å². The molecule has 2 aromatic carbocycles. The van der Waals surface area contributed by atoms with E-state index in [0.29, 0.717) is 21.9 Å². The van der Waals surface area contributed by atoms with Crippen molar-refractivity contribution in [2.24, 2.45) is 5.92 Å². The second kappa shape index (κ2) is 5.49. The SMILES string of the molecule is Clc1ccccc1[C@@H]1Nc2c(ccc(Cl)c2Cl)[C@@H]2C=CC[C@@H]21. The molecule has 2 aliphatic rings. The van der Waals surface area contributed by atoms with Crippen molar-refractivity contribution in [3.8, 4) is 0 Å². The van der Waals surface area contributed by atoms with Crippen molar-refractivity contribution in [3.05, 3.63) is 74.7 Å². The molecule has 3 atom stereocenters. The van der Waals surface area contributed by atoms with Crippen molar-refractivity contribution < 1.29 is 0 Å². The van der Waals surface area contributed by atoms with Gasteiger partial charge in [-0.3, -0.25) is 0 Å². The van der Waals surface area contributed by atoms with Crippen LogP contribution >= 0.6 is 34.8 Å². The highest BCUT2D eigenvalue weighted by atomic mass is 35.5. The highest BCUT2D eigenvalue weighted by Crippen LogP contribution is 2.53. The highest BCUT2D eigenvalue weighted by Gasteiger charge is 2.39. The van der Waals surface area contributed by atoms with Crippen molar-refractivity contribution in [1.29, 1.82) is 0 Å². The molecule has 0 saturated heterocycles. The number of allylic oxidation sites excluding steroid dienone is 2. The van der Waals surface area contributed by atoms with Crippen molar-refractivity contribution in [1.82, 2.24) is 0 Å². The van der Waals surface area contributed by atoms with Gasteiger partial charge in [-0.25, -0.2) is 0 Å². The van der Waals surface area contributed by atoms with Crippen LogP contribution in [0.4, 0.5) is 5.69 Å². The first-order valence-corrected chi connectivity index (χ1v) is 8.45. The zero-order valence-corrected chi connectivity index (χ0v) is 14.0. The largest absolute Gasteiger partial charge is 0.376 e. The van der Waals surface area contributed by atoms with Gasteiger partial charge in [-0.2, -0.15) is 0 Å². The predicted molar refractivity (Wildman–Crippen MR) is 94.3 cm³/mol. The average Bonchev–Trinajstić information content (AvgIpc) is 3.00.